The first kappa shape index (κ1) is 18.6. The molecule has 0 spiro atoms. The Morgan fingerprint density at radius 3 is 2.79 bits per heavy atom. The fraction of sp³-hybridized carbons (Fsp3) is 0.333. The van der Waals surface area contributed by atoms with Gasteiger partial charge in [-0.05, 0) is 60.7 Å². The molecular formula is C21H22N4O2S. The lowest BCUT2D eigenvalue weighted by atomic mass is 9.99. The van der Waals surface area contributed by atoms with Crippen LogP contribution in [-0.4, -0.2) is 27.1 Å². The maximum Gasteiger partial charge on any atom is 0.255 e. The number of nitrogens with one attached hydrogen (secondary N) is 1. The smallest absolute Gasteiger partial charge is 0.255 e. The molecule has 1 aromatic heterocycles. The van der Waals surface area contributed by atoms with E-state index in [1.807, 2.05) is 23.1 Å². The molecule has 6 nitrogen and oxygen atoms in total. The Hall–Kier alpha value is -2.80. The van der Waals surface area contributed by atoms with E-state index < -0.39 is 0 Å². The van der Waals surface area contributed by atoms with Crippen molar-refractivity contribution in [2.45, 2.75) is 33.1 Å². The summed E-state index contributed by atoms with van der Waals surface area (Å²) >= 11 is 1.13. The van der Waals surface area contributed by atoms with Gasteiger partial charge in [-0.15, -0.1) is 0 Å². The van der Waals surface area contributed by atoms with Crippen molar-refractivity contribution in [2.75, 3.05) is 16.8 Å². The molecule has 1 N–H and O–H groups in total. The Kier molecular flexibility index (Phi) is 5.09. The summed E-state index contributed by atoms with van der Waals surface area (Å²) in [5.41, 5.74) is 4.86. The van der Waals surface area contributed by atoms with E-state index in [4.69, 9.17) is 0 Å². The highest BCUT2D eigenvalue weighted by molar-refractivity contribution is 7.00. The molecule has 0 unspecified atom stereocenters. The monoisotopic (exact) mass is 394 g/mol. The number of fused-ring (bicyclic) bond motifs is 2. The molecule has 0 radical (unpaired) electrons. The van der Waals surface area contributed by atoms with Crippen molar-refractivity contribution >= 4 is 46.0 Å². The van der Waals surface area contributed by atoms with Crippen molar-refractivity contribution < 1.29 is 9.59 Å². The van der Waals surface area contributed by atoms with Crippen molar-refractivity contribution in [2.24, 2.45) is 5.92 Å². The first-order valence-corrected chi connectivity index (χ1v) is 10.2. The molecule has 28 heavy (non-hydrogen) atoms. The van der Waals surface area contributed by atoms with Crippen molar-refractivity contribution in [1.29, 1.82) is 0 Å². The normalized spacial score (nSPS) is 13.8. The van der Waals surface area contributed by atoms with E-state index in [-0.39, 0.29) is 11.8 Å². The molecule has 7 heteroatoms. The van der Waals surface area contributed by atoms with E-state index in [9.17, 15) is 9.59 Å². The van der Waals surface area contributed by atoms with Gasteiger partial charge in [0, 0.05) is 29.9 Å². The summed E-state index contributed by atoms with van der Waals surface area (Å²) in [6.45, 7) is 5.05. The Morgan fingerprint density at radius 2 is 1.96 bits per heavy atom. The topological polar surface area (TPSA) is 75.2 Å². The third kappa shape index (κ3) is 3.75. The maximum atomic E-state index is 12.6. The summed E-state index contributed by atoms with van der Waals surface area (Å²) in [6.07, 6.45) is 2.18. The highest BCUT2D eigenvalue weighted by Gasteiger charge is 2.24. The van der Waals surface area contributed by atoms with Crippen molar-refractivity contribution in [3.8, 4) is 0 Å². The first-order chi connectivity index (χ1) is 13.5. The van der Waals surface area contributed by atoms with E-state index in [1.54, 1.807) is 18.2 Å². The highest BCUT2D eigenvalue weighted by atomic mass is 32.1. The van der Waals surface area contributed by atoms with Crippen LogP contribution in [0.2, 0.25) is 0 Å². The summed E-state index contributed by atoms with van der Waals surface area (Å²) in [7, 11) is 0. The third-order valence-electron chi connectivity index (χ3n) is 4.98. The van der Waals surface area contributed by atoms with E-state index in [0.29, 0.717) is 24.3 Å². The number of hydrogen-bond donors (Lipinski definition) is 1. The molecule has 1 aliphatic rings. The minimum atomic E-state index is -0.182. The van der Waals surface area contributed by atoms with Crippen LogP contribution in [0.1, 0.15) is 42.6 Å². The lowest BCUT2D eigenvalue weighted by molar-refractivity contribution is -0.118. The second kappa shape index (κ2) is 7.67. The fourth-order valence-electron chi connectivity index (χ4n) is 3.40. The number of hydrogen-bond acceptors (Lipinski definition) is 5. The Morgan fingerprint density at radius 1 is 1.14 bits per heavy atom. The van der Waals surface area contributed by atoms with Gasteiger partial charge in [0.05, 0.1) is 11.7 Å². The lowest BCUT2D eigenvalue weighted by Gasteiger charge is -2.30. The molecule has 2 amide bonds. The number of aryl methyl sites for hydroxylation is 1. The van der Waals surface area contributed by atoms with Gasteiger partial charge in [-0.1, -0.05) is 13.8 Å². The summed E-state index contributed by atoms with van der Waals surface area (Å²) in [6, 6.07) is 11.1. The Labute approximate surface area is 167 Å². The Bertz CT molecular complexity index is 1040. The number of carbonyl (C=O) groups is 2. The standard InChI is InChI=1S/C21H22N4O2S/c1-13(2)9-10-25-19-7-5-16(11-14(19)4-8-20(25)26)22-21(27)15-3-6-17-18(12-15)24-28-23-17/h3,5-7,11-13H,4,8-10H2,1-2H3,(H,22,27). The molecule has 0 aliphatic carbocycles. The van der Waals surface area contributed by atoms with Gasteiger partial charge in [0.2, 0.25) is 5.91 Å². The predicted molar refractivity (Wildman–Crippen MR) is 112 cm³/mol. The van der Waals surface area contributed by atoms with Gasteiger partial charge in [-0.3, -0.25) is 9.59 Å². The number of carbonyl (C=O) groups excluding carboxylic acids is 2. The van der Waals surface area contributed by atoms with Crippen molar-refractivity contribution in [3.05, 3.63) is 47.5 Å². The third-order valence-corrected chi connectivity index (χ3v) is 5.54. The van der Waals surface area contributed by atoms with Crippen LogP contribution in [-0.2, 0) is 11.2 Å². The van der Waals surface area contributed by atoms with Crippen LogP contribution < -0.4 is 10.2 Å². The molecular weight excluding hydrogens is 372 g/mol. The zero-order chi connectivity index (χ0) is 19.7. The maximum absolute atomic E-state index is 12.6. The van der Waals surface area contributed by atoms with E-state index in [1.165, 1.54) is 0 Å². The van der Waals surface area contributed by atoms with Crippen LogP contribution in [0.15, 0.2) is 36.4 Å². The van der Waals surface area contributed by atoms with Crippen LogP contribution in [0.3, 0.4) is 0 Å². The Balaban J connectivity index is 1.53. The van der Waals surface area contributed by atoms with Gasteiger partial charge in [-0.2, -0.15) is 8.75 Å². The number of amides is 2. The predicted octanol–water partition coefficient (Wildman–Crippen LogP) is 4.27. The van der Waals surface area contributed by atoms with E-state index >= 15 is 0 Å². The zero-order valence-corrected chi connectivity index (χ0v) is 16.8. The number of aromatic nitrogens is 2. The highest BCUT2D eigenvalue weighted by Crippen LogP contribution is 2.31. The van der Waals surface area contributed by atoms with Crippen LogP contribution in [0.5, 0.6) is 0 Å². The van der Waals surface area contributed by atoms with Gasteiger partial charge >= 0.3 is 0 Å². The van der Waals surface area contributed by atoms with Crippen LogP contribution in [0, 0.1) is 5.92 Å². The second-order valence-electron chi connectivity index (χ2n) is 7.49. The molecule has 4 rings (SSSR count). The summed E-state index contributed by atoms with van der Waals surface area (Å²) in [5.74, 6) is 0.538. The van der Waals surface area contributed by atoms with Crippen molar-refractivity contribution in [3.63, 3.8) is 0 Å². The molecule has 1 aliphatic heterocycles. The van der Waals surface area contributed by atoms with Crippen LogP contribution in [0.4, 0.5) is 11.4 Å². The summed E-state index contributed by atoms with van der Waals surface area (Å²) in [5, 5.41) is 2.95. The minimum absolute atomic E-state index is 0.176. The van der Waals surface area contributed by atoms with Gasteiger partial charge in [0.25, 0.3) is 5.91 Å². The average Bonchev–Trinajstić information content (AvgIpc) is 3.15. The largest absolute Gasteiger partial charge is 0.322 e. The number of nitrogens with zero attached hydrogens (tertiary/aromatic N) is 3. The molecule has 2 aromatic carbocycles. The zero-order valence-electron chi connectivity index (χ0n) is 15.9. The molecule has 144 valence electrons. The average molecular weight is 395 g/mol. The molecule has 0 bridgehead atoms. The van der Waals surface area contributed by atoms with Gasteiger partial charge in [0.1, 0.15) is 11.0 Å². The van der Waals surface area contributed by atoms with Crippen LogP contribution >= 0.6 is 11.7 Å². The molecule has 3 aromatic rings. The molecule has 0 fully saturated rings. The lowest BCUT2D eigenvalue weighted by Crippen LogP contribution is -2.36. The van der Waals surface area contributed by atoms with Crippen LogP contribution in [0.25, 0.3) is 11.0 Å². The van der Waals surface area contributed by atoms with E-state index in [0.717, 1.165) is 52.7 Å². The molecule has 0 atom stereocenters. The second-order valence-corrected chi connectivity index (χ2v) is 8.02. The summed E-state index contributed by atoms with van der Waals surface area (Å²) in [4.78, 5) is 26.9. The number of benzene rings is 2. The van der Waals surface area contributed by atoms with E-state index in [2.05, 4.69) is 27.9 Å². The number of rotatable bonds is 5. The molecule has 2 heterocycles. The quantitative estimate of drug-likeness (QED) is 0.701. The first-order valence-electron chi connectivity index (χ1n) is 9.48. The molecule has 0 saturated carbocycles. The molecule has 0 saturated heterocycles. The van der Waals surface area contributed by atoms with Gasteiger partial charge < -0.3 is 10.2 Å². The number of anilines is 2. The van der Waals surface area contributed by atoms with Gasteiger partial charge in [-0.25, -0.2) is 0 Å². The SMILES string of the molecule is CC(C)CCN1C(=O)CCc2cc(NC(=O)c3ccc4nsnc4c3)ccc21. The fourth-order valence-corrected chi connectivity index (χ4v) is 3.91. The van der Waals surface area contributed by atoms with Gasteiger partial charge in [0.15, 0.2) is 0 Å². The van der Waals surface area contributed by atoms with Crippen molar-refractivity contribution in [1.82, 2.24) is 8.75 Å². The summed E-state index contributed by atoms with van der Waals surface area (Å²) < 4.78 is 8.34. The minimum Gasteiger partial charge on any atom is -0.322 e.